The van der Waals surface area contributed by atoms with Gasteiger partial charge in [-0.1, -0.05) is 68.3 Å². The van der Waals surface area contributed by atoms with Gasteiger partial charge in [0.2, 0.25) is 5.91 Å². The second kappa shape index (κ2) is 9.86. The Morgan fingerprint density at radius 3 is 2.48 bits per heavy atom. The van der Waals surface area contributed by atoms with Crippen molar-refractivity contribution in [2.75, 3.05) is 11.4 Å². The Kier molecular flexibility index (Phi) is 6.73. The average molecular weight is 443 g/mol. The zero-order chi connectivity index (χ0) is 23.4. The molecule has 170 valence electrons. The third-order valence-electron chi connectivity index (χ3n) is 6.48. The van der Waals surface area contributed by atoms with Crippen LogP contribution >= 0.6 is 0 Å². The molecule has 0 aliphatic heterocycles. The molecule has 1 fully saturated rings. The fourth-order valence-corrected chi connectivity index (χ4v) is 4.61. The number of nitrogens with zero attached hydrogens (tertiary/aromatic N) is 1. The summed E-state index contributed by atoms with van der Waals surface area (Å²) >= 11 is 0. The van der Waals surface area contributed by atoms with Gasteiger partial charge in [0.25, 0.3) is 5.91 Å². The van der Waals surface area contributed by atoms with E-state index < -0.39 is 0 Å². The minimum Gasteiger partial charge on any atom is -0.384 e. The SMILES string of the molecule is CC1CCCCC1NC(=O)CN(C(=O)c1cccc(C(=N)N)c1)c1cccc2ccccc12. The largest absolute Gasteiger partial charge is 0.384 e. The summed E-state index contributed by atoms with van der Waals surface area (Å²) in [6.07, 6.45) is 4.38. The summed E-state index contributed by atoms with van der Waals surface area (Å²) in [5.74, 6) is -0.152. The Balaban J connectivity index is 1.69. The molecule has 4 rings (SSSR count). The van der Waals surface area contributed by atoms with E-state index in [-0.39, 0.29) is 30.2 Å². The molecule has 1 aliphatic rings. The van der Waals surface area contributed by atoms with Crippen molar-refractivity contribution in [1.82, 2.24) is 5.32 Å². The molecule has 4 N–H and O–H groups in total. The topological polar surface area (TPSA) is 99.3 Å². The molecule has 0 bridgehead atoms. The highest BCUT2D eigenvalue weighted by Gasteiger charge is 2.26. The second-order valence-corrected chi connectivity index (χ2v) is 8.82. The fourth-order valence-electron chi connectivity index (χ4n) is 4.61. The van der Waals surface area contributed by atoms with Crippen LogP contribution in [0.2, 0.25) is 0 Å². The Bertz CT molecular complexity index is 1180. The minimum atomic E-state index is -0.304. The molecule has 0 saturated heterocycles. The van der Waals surface area contributed by atoms with Gasteiger partial charge in [0.05, 0.1) is 5.69 Å². The first-order valence-corrected chi connectivity index (χ1v) is 11.5. The number of carbonyl (C=O) groups excluding carboxylic acids is 2. The summed E-state index contributed by atoms with van der Waals surface area (Å²) in [7, 11) is 0. The number of benzene rings is 3. The van der Waals surface area contributed by atoms with Gasteiger partial charge in [-0.2, -0.15) is 0 Å². The number of carbonyl (C=O) groups is 2. The molecule has 2 unspecified atom stereocenters. The van der Waals surface area contributed by atoms with E-state index in [1.807, 2.05) is 42.5 Å². The second-order valence-electron chi connectivity index (χ2n) is 8.82. The highest BCUT2D eigenvalue weighted by atomic mass is 16.2. The molecular formula is C27H30N4O2. The number of hydrogen-bond acceptors (Lipinski definition) is 3. The molecule has 6 heteroatoms. The van der Waals surface area contributed by atoms with Gasteiger partial charge in [-0.15, -0.1) is 0 Å². The molecule has 3 aromatic rings. The molecule has 1 aliphatic carbocycles. The predicted molar refractivity (Wildman–Crippen MR) is 133 cm³/mol. The van der Waals surface area contributed by atoms with Crippen LogP contribution in [-0.2, 0) is 4.79 Å². The van der Waals surface area contributed by atoms with Crippen molar-refractivity contribution in [2.45, 2.75) is 38.6 Å². The quantitative estimate of drug-likeness (QED) is 0.388. The number of hydrogen-bond donors (Lipinski definition) is 3. The number of nitrogens with two attached hydrogens (primary N) is 1. The van der Waals surface area contributed by atoms with Crippen LogP contribution in [0.1, 0.15) is 48.5 Å². The average Bonchev–Trinajstić information content (AvgIpc) is 2.83. The van der Waals surface area contributed by atoms with E-state index in [0.29, 0.717) is 22.7 Å². The van der Waals surface area contributed by atoms with Crippen LogP contribution in [0.25, 0.3) is 10.8 Å². The standard InChI is InChI=1S/C27H30N4O2/c1-18-8-2-5-14-23(18)30-25(32)17-31(24-15-7-10-19-9-3-4-13-22(19)24)27(33)21-12-6-11-20(16-21)26(28)29/h3-4,6-7,9-13,15-16,18,23H,2,5,8,14,17H2,1H3,(H3,28,29)(H,30,32). The van der Waals surface area contributed by atoms with Crippen LogP contribution in [0.5, 0.6) is 0 Å². The Labute approximate surface area is 194 Å². The van der Waals surface area contributed by atoms with E-state index in [1.54, 1.807) is 24.3 Å². The summed E-state index contributed by atoms with van der Waals surface area (Å²) in [5, 5.41) is 12.8. The molecule has 6 nitrogen and oxygen atoms in total. The molecule has 0 aromatic heterocycles. The van der Waals surface area contributed by atoms with E-state index in [4.69, 9.17) is 11.1 Å². The van der Waals surface area contributed by atoms with E-state index in [0.717, 1.165) is 30.0 Å². The smallest absolute Gasteiger partial charge is 0.258 e. The maximum atomic E-state index is 13.7. The van der Waals surface area contributed by atoms with Gasteiger partial charge in [-0.25, -0.2) is 0 Å². The van der Waals surface area contributed by atoms with Crippen LogP contribution in [0, 0.1) is 11.3 Å². The first-order valence-electron chi connectivity index (χ1n) is 11.5. The lowest BCUT2D eigenvalue weighted by Crippen LogP contribution is -2.47. The van der Waals surface area contributed by atoms with E-state index >= 15 is 0 Å². The van der Waals surface area contributed by atoms with Crippen molar-refractivity contribution in [1.29, 1.82) is 5.41 Å². The number of fused-ring (bicyclic) bond motifs is 1. The summed E-state index contributed by atoms with van der Waals surface area (Å²) in [6.45, 7) is 2.09. The van der Waals surface area contributed by atoms with E-state index in [2.05, 4.69) is 12.2 Å². The van der Waals surface area contributed by atoms with Gasteiger partial charge in [0, 0.05) is 22.6 Å². The number of amidine groups is 1. The van der Waals surface area contributed by atoms with Gasteiger partial charge >= 0.3 is 0 Å². The van der Waals surface area contributed by atoms with Crippen LogP contribution < -0.4 is 16.0 Å². The van der Waals surface area contributed by atoms with Gasteiger partial charge in [-0.05, 0) is 42.3 Å². The number of amides is 2. The molecule has 1 saturated carbocycles. The normalized spacial score (nSPS) is 18.0. The Hall–Kier alpha value is -3.67. The molecule has 0 heterocycles. The number of nitrogens with one attached hydrogen (secondary N) is 2. The van der Waals surface area contributed by atoms with Gasteiger partial charge in [-0.3, -0.25) is 19.9 Å². The zero-order valence-corrected chi connectivity index (χ0v) is 18.9. The first kappa shape index (κ1) is 22.5. The van der Waals surface area contributed by atoms with Crippen molar-refractivity contribution in [3.05, 3.63) is 77.9 Å². The van der Waals surface area contributed by atoms with Gasteiger partial charge < -0.3 is 11.1 Å². The lowest BCUT2D eigenvalue weighted by atomic mass is 9.86. The third-order valence-corrected chi connectivity index (χ3v) is 6.48. The Morgan fingerprint density at radius 1 is 1.00 bits per heavy atom. The van der Waals surface area contributed by atoms with Crippen LogP contribution in [0.3, 0.4) is 0 Å². The number of anilines is 1. The van der Waals surface area contributed by atoms with Gasteiger partial charge in [0.1, 0.15) is 12.4 Å². The zero-order valence-electron chi connectivity index (χ0n) is 18.9. The molecule has 3 aromatic carbocycles. The highest BCUT2D eigenvalue weighted by Crippen LogP contribution is 2.28. The summed E-state index contributed by atoms with van der Waals surface area (Å²) in [4.78, 5) is 28.4. The highest BCUT2D eigenvalue weighted by molar-refractivity contribution is 6.13. The van der Waals surface area contributed by atoms with Gasteiger partial charge in [0.15, 0.2) is 0 Å². The Morgan fingerprint density at radius 2 is 1.70 bits per heavy atom. The van der Waals surface area contributed by atoms with Crippen LogP contribution in [-0.4, -0.2) is 30.2 Å². The maximum absolute atomic E-state index is 13.7. The summed E-state index contributed by atoms with van der Waals surface area (Å²) in [6, 6.07) is 20.4. The maximum Gasteiger partial charge on any atom is 0.258 e. The molecule has 2 atom stereocenters. The van der Waals surface area contributed by atoms with E-state index in [1.165, 1.54) is 11.3 Å². The van der Waals surface area contributed by atoms with Crippen LogP contribution in [0.4, 0.5) is 5.69 Å². The number of rotatable bonds is 6. The molecule has 0 radical (unpaired) electrons. The van der Waals surface area contributed by atoms with Crippen LogP contribution in [0.15, 0.2) is 66.7 Å². The van der Waals surface area contributed by atoms with Crippen molar-refractivity contribution >= 4 is 34.1 Å². The molecular weight excluding hydrogens is 412 g/mol. The van der Waals surface area contributed by atoms with Crippen molar-refractivity contribution in [3.63, 3.8) is 0 Å². The van der Waals surface area contributed by atoms with Crippen molar-refractivity contribution in [2.24, 2.45) is 11.7 Å². The summed E-state index contributed by atoms with van der Waals surface area (Å²) < 4.78 is 0. The van der Waals surface area contributed by atoms with E-state index in [9.17, 15) is 9.59 Å². The lowest BCUT2D eigenvalue weighted by Gasteiger charge is -2.31. The lowest BCUT2D eigenvalue weighted by molar-refractivity contribution is -0.121. The number of nitrogen functional groups attached to an aromatic ring is 1. The first-order chi connectivity index (χ1) is 15.9. The minimum absolute atomic E-state index is 0.0830. The third kappa shape index (κ3) is 5.06. The van der Waals surface area contributed by atoms with Crippen molar-refractivity contribution < 1.29 is 9.59 Å². The monoisotopic (exact) mass is 442 g/mol. The summed E-state index contributed by atoms with van der Waals surface area (Å²) in [5.41, 5.74) is 7.17. The predicted octanol–water partition coefficient (Wildman–Crippen LogP) is 4.47. The molecule has 33 heavy (non-hydrogen) atoms. The molecule has 0 spiro atoms. The van der Waals surface area contributed by atoms with Crippen molar-refractivity contribution in [3.8, 4) is 0 Å². The molecule has 2 amide bonds. The fraction of sp³-hybridized carbons (Fsp3) is 0.296.